The fourth-order valence-corrected chi connectivity index (χ4v) is 1.62. The number of hydrogen-bond acceptors (Lipinski definition) is 4. The molecule has 0 saturated carbocycles. The topological polar surface area (TPSA) is 75.7 Å². The number of halogens is 1. The van der Waals surface area contributed by atoms with Gasteiger partial charge in [-0.3, -0.25) is 0 Å². The molecule has 16 heavy (non-hydrogen) atoms. The zero-order valence-electron chi connectivity index (χ0n) is 9.06. The van der Waals surface area contributed by atoms with Crippen molar-refractivity contribution in [2.45, 2.75) is 19.1 Å². The van der Waals surface area contributed by atoms with E-state index in [-0.39, 0.29) is 19.3 Å². The molecule has 0 bridgehead atoms. The molecule has 5 heteroatoms. The predicted octanol–water partition coefficient (Wildman–Crippen LogP) is 1.20. The Labute approximate surface area is 103 Å². The highest BCUT2D eigenvalue weighted by atomic mass is 79.9. The lowest BCUT2D eigenvalue weighted by molar-refractivity contribution is 0.0532. The molecule has 0 aromatic heterocycles. The van der Waals surface area contributed by atoms with E-state index in [0.29, 0.717) is 5.75 Å². The van der Waals surface area contributed by atoms with Crippen molar-refractivity contribution in [3.8, 4) is 5.75 Å². The molecular formula is C11H16BrNO3. The molecule has 1 aromatic carbocycles. The molecule has 4 nitrogen and oxygen atoms in total. The summed E-state index contributed by atoms with van der Waals surface area (Å²) in [6.07, 6.45) is -0.871. The molecular weight excluding hydrogens is 274 g/mol. The third-order valence-corrected chi connectivity index (χ3v) is 2.60. The van der Waals surface area contributed by atoms with Crippen LogP contribution in [0.5, 0.6) is 5.75 Å². The van der Waals surface area contributed by atoms with E-state index in [4.69, 9.17) is 15.6 Å². The van der Waals surface area contributed by atoms with Gasteiger partial charge < -0.3 is 20.7 Å². The third kappa shape index (κ3) is 3.75. The summed E-state index contributed by atoms with van der Waals surface area (Å²) in [7, 11) is 0. The van der Waals surface area contributed by atoms with Crippen LogP contribution in [-0.2, 0) is 0 Å². The highest BCUT2D eigenvalue weighted by Gasteiger charge is 2.10. The molecule has 0 heterocycles. The van der Waals surface area contributed by atoms with E-state index in [1.54, 1.807) is 6.07 Å². The Morgan fingerprint density at radius 2 is 2.19 bits per heavy atom. The second kappa shape index (κ2) is 6.20. The van der Waals surface area contributed by atoms with Gasteiger partial charge in [0.25, 0.3) is 0 Å². The van der Waals surface area contributed by atoms with Crippen LogP contribution in [0.1, 0.15) is 18.5 Å². The number of aliphatic hydroxyl groups excluding tert-OH is 2. The van der Waals surface area contributed by atoms with E-state index in [9.17, 15) is 5.11 Å². The minimum absolute atomic E-state index is 0.0534. The minimum Gasteiger partial charge on any atom is -0.490 e. The summed E-state index contributed by atoms with van der Waals surface area (Å²) in [5.41, 5.74) is 6.67. The fourth-order valence-electron chi connectivity index (χ4n) is 1.25. The first kappa shape index (κ1) is 13.4. The van der Waals surface area contributed by atoms with Gasteiger partial charge in [0.15, 0.2) is 0 Å². The van der Waals surface area contributed by atoms with E-state index in [1.165, 1.54) is 0 Å². The quantitative estimate of drug-likeness (QED) is 0.761. The maximum atomic E-state index is 9.19. The SMILES string of the molecule is C[C@@H](N)c1cc(Br)ccc1OCC(O)CO. The largest absolute Gasteiger partial charge is 0.490 e. The van der Waals surface area contributed by atoms with Crippen molar-refractivity contribution in [2.24, 2.45) is 5.73 Å². The zero-order chi connectivity index (χ0) is 12.1. The van der Waals surface area contributed by atoms with Crippen LogP contribution in [0.3, 0.4) is 0 Å². The molecule has 0 aliphatic heterocycles. The second-order valence-electron chi connectivity index (χ2n) is 3.62. The van der Waals surface area contributed by atoms with Gasteiger partial charge >= 0.3 is 0 Å². The molecule has 2 atom stereocenters. The Balaban J connectivity index is 2.78. The molecule has 0 aliphatic rings. The summed E-state index contributed by atoms with van der Waals surface area (Å²) in [6.45, 7) is 1.60. The number of hydrogen-bond donors (Lipinski definition) is 3. The first-order valence-corrected chi connectivity index (χ1v) is 5.80. The van der Waals surface area contributed by atoms with Gasteiger partial charge in [-0.25, -0.2) is 0 Å². The number of benzene rings is 1. The number of nitrogens with two attached hydrogens (primary N) is 1. The molecule has 0 amide bonds. The number of rotatable bonds is 5. The highest BCUT2D eigenvalue weighted by molar-refractivity contribution is 9.10. The van der Waals surface area contributed by atoms with E-state index >= 15 is 0 Å². The Morgan fingerprint density at radius 3 is 2.75 bits per heavy atom. The Kier molecular flexibility index (Phi) is 5.21. The van der Waals surface area contributed by atoms with Gasteiger partial charge in [0.2, 0.25) is 0 Å². The third-order valence-electron chi connectivity index (χ3n) is 2.10. The van der Waals surface area contributed by atoms with Gasteiger partial charge in [0, 0.05) is 16.1 Å². The van der Waals surface area contributed by atoms with Crippen LogP contribution in [0.15, 0.2) is 22.7 Å². The Hall–Kier alpha value is -0.620. The molecule has 0 radical (unpaired) electrons. The fraction of sp³-hybridized carbons (Fsp3) is 0.455. The number of ether oxygens (including phenoxy) is 1. The van der Waals surface area contributed by atoms with Gasteiger partial charge in [0.05, 0.1) is 6.61 Å². The molecule has 0 fully saturated rings. The number of aliphatic hydroxyl groups is 2. The van der Waals surface area contributed by atoms with E-state index in [1.807, 2.05) is 19.1 Å². The predicted molar refractivity (Wildman–Crippen MR) is 65.3 cm³/mol. The van der Waals surface area contributed by atoms with Crippen molar-refractivity contribution < 1.29 is 14.9 Å². The summed E-state index contributed by atoms with van der Waals surface area (Å²) in [6, 6.07) is 5.35. The summed E-state index contributed by atoms with van der Waals surface area (Å²) >= 11 is 3.36. The van der Waals surface area contributed by atoms with Crippen LogP contribution in [0.2, 0.25) is 0 Å². The van der Waals surface area contributed by atoms with Crippen molar-refractivity contribution in [3.05, 3.63) is 28.2 Å². The maximum absolute atomic E-state index is 9.19. The monoisotopic (exact) mass is 289 g/mol. The van der Waals surface area contributed by atoms with E-state index in [2.05, 4.69) is 15.9 Å². The molecule has 1 aromatic rings. The lowest BCUT2D eigenvalue weighted by Gasteiger charge is -2.16. The summed E-state index contributed by atoms with van der Waals surface area (Å²) in [5, 5.41) is 17.9. The van der Waals surface area contributed by atoms with Gasteiger partial charge in [-0.15, -0.1) is 0 Å². The van der Waals surface area contributed by atoms with Gasteiger partial charge in [0.1, 0.15) is 18.5 Å². The summed E-state index contributed by atoms with van der Waals surface area (Å²) in [5.74, 6) is 0.630. The Bertz CT molecular complexity index is 344. The minimum atomic E-state index is -0.871. The summed E-state index contributed by atoms with van der Waals surface area (Å²) < 4.78 is 6.32. The van der Waals surface area contributed by atoms with Crippen LogP contribution in [0.25, 0.3) is 0 Å². The van der Waals surface area contributed by atoms with Crippen molar-refractivity contribution in [2.75, 3.05) is 13.2 Å². The van der Waals surface area contributed by atoms with Crippen LogP contribution in [0.4, 0.5) is 0 Å². The first-order valence-electron chi connectivity index (χ1n) is 5.01. The Morgan fingerprint density at radius 1 is 1.50 bits per heavy atom. The van der Waals surface area contributed by atoms with Gasteiger partial charge in [-0.05, 0) is 25.1 Å². The zero-order valence-corrected chi connectivity index (χ0v) is 10.6. The van der Waals surface area contributed by atoms with Crippen LogP contribution in [-0.4, -0.2) is 29.5 Å². The molecule has 0 aliphatic carbocycles. The van der Waals surface area contributed by atoms with Crippen LogP contribution < -0.4 is 10.5 Å². The highest BCUT2D eigenvalue weighted by Crippen LogP contribution is 2.27. The lowest BCUT2D eigenvalue weighted by Crippen LogP contribution is -2.22. The molecule has 1 rings (SSSR count). The van der Waals surface area contributed by atoms with Crippen molar-refractivity contribution in [1.29, 1.82) is 0 Å². The second-order valence-corrected chi connectivity index (χ2v) is 4.53. The molecule has 1 unspecified atom stereocenters. The van der Waals surface area contributed by atoms with Crippen molar-refractivity contribution in [3.63, 3.8) is 0 Å². The van der Waals surface area contributed by atoms with E-state index in [0.717, 1.165) is 10.0 Å². The molecule has 0 spiro atoms. The average Bonchev–Trinajstić information content (AvgIpc) is 2.26. The first-order chi connectivity index (χ1) is 7.54. The molecule has 90 valence electrons. The lowest BCUT2D eigenvalue weighted by atomic mass is 10.1. The normalized spacial score (nSPS) is 14.6. The standard InChI is InChI=1S/C11H16BrNO3/c1-7(13)10-4-8(12)2-3-11(10)16-6-9(15)5-14/h2-4,7,9,14-15H,5-6,13H2,1H3/t7-,9?/m1/s1. The molecule has 4 N–H and O–H groups in total. The average molecular weight is 290 g/mol. The summed E-state index contributed by atoms with van der Waals surface area (Å²) in [4.78, 5) is 0. The molecule has 0 saturated heterocycles. The maximum Gasteiger partial charge on any atom is 0.124 e. The van der Waals surface area contributed by atoms with Crippen molar-refractivity contribution in [1.82, 2.24) is 0 Å². The van der Waals surface area contributed by atoms with Gasteiger partial charge in [-0.2, -0.15) is 0 Å². The van der Waals surface area contributed by atoms with Crippen molar-refractivity contribution >= 4 is 15.9 Å². The van der Waals surface area contributed by atoms with Crippen LogP contribution >= 0.6 is 15.9 Å². The van der Waals surface area contributed by atoms with Crippen LogP contribution in [0, 0.1) is 0 Å². The van der Waals surface area contributed by atoms with Gasteiger partial charge in [-0.1, -0.05) is 15.9 Å². The smallest absolute Gasteiger partial charge is 0.124 e. The van der Waals surface area contributed by atoms with E-state index < -0.39 is 6.10 Å².